The summed E-state index contributed by atoms with van der Waals surface area (Å²) in [6, 6.07) is 18.7. The number of amides is 2. The van der Waals surface area contributed by atoms with E-state index in [1.807, 2.05) is 48.5 Å². The van der Waals surface area contributed by atoms with E-state index in [1.165, 1.54) is 33.3 Å². The molecule has 12 heteroatoms. The molecule has 2 amide bonds. The highest BCUT2D eigenvalue weighted by Crippen LogP contribution is 2.34. The molecule has 0 saturated carbocycles. The van der Waals surface area contributed by atoms with E-state index in [9.17, 15) is 14.4 Å². The van der Waals surface area contributed by atoms with E-state index in [1.54, 1.807) is 19.2 Å². The first-order chi connectivity index (χ1) is 19.9. The van der Waals surface area contributed by atoms with Crippen LogP contribution >= 0.6 is 23.4 Å². The van der Waals surface area contributed by atoms with Gasteiger partial charge in [0.05, 0.1) is 29.9 Å². The summed E-state index contributed by atoms with van der Waals surface area (Å²) in [5.41, 5.74) is 2.94. The molecule has 1 atom stereocenters. The van der Waals surface area contributed by atoms with E-state index < -0.39 is 6.04 Å². The molecular weight excluding hydrogens is 564 g/mol. The second-order valence-corrected chi connectivity index (χ2v) is 10.7. The molecule has 1 N–H and O–H groups in total. The number of para-hydroxylation sites is 2. The Morgan fingerprint density at radius 2 is 1.90 bits per heavy atom. The quantitative estimate of drug-likeness (QED) is 0.350. The van der Waals surface area contributed by atoms with Gasteiger partial charge in [0, 0.05) is 35.7 Å². The minimum atomic E-state index is -0.896. The van der Waals surface area contributed by atoms with Gasteiger partial charge in [0.1, 0.15) is 23.3 Å². The number of methoxy groups -OCH3 is 1. The van der Waals surface area contributed by atoms with Crippen LogP contribution in [0.1, 0.15) is 23.2 Å². The number of carbonyl (C=O) groups excluding carboxylic acids is 2. The van der Waals surface area contributed by atoms with Gasteiger partial charge in [0.25, 0.3) is 11.5 Å². The summed E-state index contributed by atoms with van der Waals surface area (Å²) in [6.07, 6.45) is 1.41. The maximum absolute atomic E-state index is 13.6. The Morgan fingerprint density at radius 3 is 2.76 bits per heavy atom. The van der Waals surface area contributed by atoms with Crippen molar-refractivity contribution in [1.29, 1.82) is 0 Å². The number of halogens is 1. The first-order valence-corrected chi connectivity index (χ1v) is 14.1. The molecule has 6 rings (SSSR count). The summed E-state index contributed by atoms with van der Waals surface area (Å²) >= 11 is 7.29. The Morgan fingerprint density at radius 1 is 1.10 bits per heavy atom. The number of carbonyl (C=O) groups is 2. The van der Waals surface area contributed by atoms with Gasteiger partial charge in [-0.05, 0) is 30.3 Å². The van der Waals surface area contributed by atoms with Crippen LogP contribution in [-0.4, -0.2) is 50.3 Å². The smallest absolute Gasteiger partial charge is 0.259 e. The minimum Gasteiger partial charge on any atom is -0.496 e. The minimum absolute atomic E-state index is 0.111. The highest BCUT2D eigenvalue weighted by molar-refractivity contribution is 8.13. The van der Waals surface area contributed by atoms with E-state index in [4.69, 9.17) is 21.3 Å². The maximum atomic E-state index is 13.6. The largest absolute Gasteiger partial charge is 0.496 e. The van der Waals surface area contributed by atoms with Crippen molar-refractivity contribution >= 4 is 57.5 Å². The van der Waals surface area contributed by atoms with Crippen LogP contribution in [0.2, 0.25) is 5.02 Å². The fraction of sp³-hybridized carbons (Fsp3) is 0.172. The molecule has 4 heterocycles. The molecule has 10 nitrogen and oxygen atoms in total. The first kappa shape index (κ1) is 26.7. The predicted octanol–water partition coefficient (Wildman–Crippen LogP) is 3.95. The molecular formula is C29H23ClN6O4S. The van der Waals surface area contributed by atoms with Crippen molar-refractivity contribution < 1.29 is 14.3 Å². The van der Waals surface area contributed by atoms with Crippen LogP contribution in [0.4, 0.5) is 5.69 Å². The third kappa shape index (κ3) is 5.33. The summed E-state index contributed by atoms with van der Waals surface area (Å²) in [5.74, 6) is 0.764. The number of aliphatic imine (C=N–C) groups is 2. The number of fused-ring (bicyclic) bond motifs is 4. The number of benzene rings is 2. The van der Waals surface area contributed by atoms with Gasteiger partial charge in [-0.25, -0.2) is 14.9 Å². The van der Waals surface area contributed by atoms with Crippen LogP contribution in [0.15, 0.2) is 87.7 Å². The highest BCUT2D eigenvalue weighted by atomic mass is 35.5. The average molecular weight is 587 g/mol. The summed E-state index contributed by atoms with van der Waals surface area (Å²) < 4.78 is 6.73. The van der Waals surface area contributed by atoms with Crippen LogP contribution in [0.5, 0.6) is 5.75 Å². The molecule has 41 heavy (non-hydrogen) atoms. The lowest BCUT2D eigenvalue weighted by Crippen LogP contribution is -2.42. The SMILES string of the molecule is COc1ccccc1CNC(=O)C[C@@H]1N=C2c3ccccc3N=C(SCc3cc(=O)n4cc(Cl)ccc4n3)N2C1=O. The van der Waals surface area contributed by atoms with Crippen molar-refractivity contribution in [2.24, 2.45) is 9.98 Å². The zero-order chi connectivity index (χ0) is 28.5. The van der Waals surface area contributed by atoms with Crippen molar-refractivity contribution in [3.05, 3.63) is 105 Å². The molecule has 0 spiro atoms. The predicted molar refractivity (Wildman–Crippen MR) is 158 cm³/mol. The number of thioether (sulfide) groups is 1. The van der Waals surface area contributed by atoms with E-state index >= 15 is 0 Å². The zero-order valence-electron chi connectivity index (χ0n) is 21.8. The summed E-state index contributed by atoms with van der Waals surface area (Å²) in [7, 11) is 1.57. The molecule has 0 aliphatic carbocycles. The fourth-order valence-corrected chi connectivity index (χ4v) is 5.71. The number of aromatic nitrogens is 2. The molecule has 2 aliphatic heterocycles. The summed E-state index contributed by atoms with van der Waals surface area (Å²) in [6.45, 7) is 0.264. The molecule has 4 aromatic rings. The van der Waals surface area contributed by atoms with Crippen molar-refractivity contribution in [3.8, 4) is 5.75 Å². The Bertz CT molecular complexity index is 1820. The standard InChI is InChI=1S/C29H23ClN6O4S/c1-40-23-9-5-2-6-17(23)14-31-25(37)13-22-28(39)36-27(33-22)20-7-3-4-8-21(20)34-29(36)41-16-19-12-26(38)35-15-18(30)10-11-24(35)32-19/h2-12,15,22H,13-14,16H2,1H3,(H,31,37)/t22-/m0/s1. The lowest BCUT2D eigenvalue weighted by atomic mass is 10.1. The van der Waals surface area contributed by atoms with Crippen molar-refractivity contribution in [2.75, 3.05) is 7.11 Å². The van der Waals surface area contributed by atoms with Crippen LogP contribution < -0.4 is 15.6 Å². The fourth-order valence-electron chi connectivity index (χ4n) is 4.66. The van der Waals surface area contributed by atoms with Gasteiger partial charge < -0.3 is 10.1 Å². The molecule has 206 valence electrons. The lowest BCUT2D eigenvalue weighted by molar-refractivity contribution is -0.128. The highest BCUT2D eigenvalue weighted by Gasteiger charge is 2.42. The number of pyridine rings is 1. The zero-order valence-corrected chi connectivity index (χ0v) is 23.4. The van der Waals surface area contributed by atoms with E-state index in [0.717, 1.165) is 5.56 Å². The molecule has 2 aromatic carbocycles. The average Bonchev–Trinajstić information content (AvgIpc) is 3.31. The second kappa shape index (κ2) is 11.2. The first-order valence-electron chi connectivity index (χ1n) is 12.7. The third-order valence-corrected chi connectivity index (χ3v) is 7.82. The molecule has 0 unspecified atom stereocenters. The van der Waals surface area contributed by atoms with Gasteiger partial charge in [0.2, 0.25) is 5.91 Å². The Hall–Kier alpha value is -4.48. The molecule has 2 aliphatic rings. The normalized spacial score (nSPS) is 15.7. The lowest BCUT2D eigenvalue weighted by Gasteiger charge is -2.25. The Labute approximate surface area is 243 Å². The van der Waals surface area contributed by atoms with Gasteiger partial charge in [-0.1, -0.05) is 53.7 Å². The Balaban J connectivity index is 1.21. The van der Waals surface area contributed by atoms with Crippen LogP contribution in [-0.2, 0) is 21.9 Å². The number of hydrogen-bond donors (Lipinski definition) is 1. The van der Waals surface area contributed by atoms with Gasteiger partial charge in [-0.2, -0.15) is 0 Å². The van der Waals surface area contributed by atoms with Gasteiger partial charge in [0.15, 0.2) is 5.17 Å². The van der Waals surface area contributed by atoms with Crippen molar-refractivity contribution in [2.45, 2.75) is 24.8 Å². The van der Waals surface area contributed by atoms with Crippen molar-refractivity contribution in [1.82, 2.24) is 19.6 Å². The Kier molecular flexibility index (Phi) is 7.29. The molecule has 2 aromatic heterocycles. The van der Waals surface area contributed by atoms with E-state index in [0.29, 0.717) is 44.4 Å². The van der Waals surface area contributed by atoms with Crippen LogP contribution in [0.3, 0.4) is 0 Å². The maximum Gasteiger partial charge on any atom is 0.259 e. The van der Waals surface area contributed by atoms with Gasteiger partial charge in [-0.15, -0.1) is 0 Å². The third-order valence-electron chi connectivity index (χ3n) is 6.62. The van der Waals surface area contributed by atoms with E-state index in [-0.39, 0.29) is 36.1 Å². The molecule has 0 bridgehead atoms. The number of amidine groups is 2. The van der Waals surface area contributed by atoms with Gasteiger partial charge >= 0.3 is 0 Å². The van der Waals surface area contributed by atoms with Crippen LogP contribution in [0, 0.1) is 0 Å². The van der Waals surface area contributed by atoms with Crippen molar-refractivity contribution in [3.63, 3.8) is 0 Å². The number of ether oxygens (including phenoxy) is 1. The molecule has 0 saturated heterocycles. The summed E-state index contributed by atoms with van der Waals surface area (Å²) in [4.78, 5) is 54.4. The number of hydrogen-bond acceptors (Lipinski definition) is 8. The van der Waals surface area contributed by atoms with Crippen LogP contribution in [0.25, 0.3) is 5.65 Å². The monoisotopic (exact) mass is 586 g/mol. The number of nitrogens with one attached hydrogen (secondary N) is 1. The topological polar surface area (TPSA) is 118 Å². The molecule has 0 radical (unpaired) electrons. The van der Waals surface area contributed by atoms with Gasteiger partial charge in [-0.3, -0.25) is 23.8 Å². The van der Waals surface area contributed by atoms with E-state index in [2.05, 4.69) is 15.3 Å². The molecule has 0 fully saturated rings. The second-order valence-electron chi connectivity index (χ2n) is 9.30. The summed E-state index contributed by atoms with van der Waals surface area (Å²) in [5, 5.41) is 3.70. The number of rotatable bonds is 7. The number of nitrogens with zero attached hydrogens (tertiary/aromatic N) is 5.